The Kier molecular flexibility index (Phi) is 5.68. The molecule has 0 saturated heterocycles. The van der Waals surface area contributed by atoms with Crippen LogP contribution in [0.5, 0.6) is 0 Å². The Morgan fingerprint density at radius 3 is 2.50 bits per heavy atom. The van der Waals surface area contributed by atoms with Crippen LogP contribution in [-0.4, -0.2) is 35.7 Å². The molecule has 2 aromatic rings. The fraction of sp³-hybridized carbons (Fsp3) is 0.400. The summed E-state index contributed by atoms with van der Waals surface area (Å²) in [6, 6.07) is 7.46. The van der Waals surface area contributed by atoms with Gasteiger partial charge < -0.3 is 5.11 Å². The van der Waals surface area contributed by atoms with Crippen LogP contribution in [0.1, 0.15) is 25.0 Å². The Balaban J connectivity index is 1.98. The maximum Gasteiger partial charge on any atom is 0.156 e. The van der Waals surface area contributed by atoms with Crippen LogP contribution < -0.4 is 0 Å². The molecule has 0 unspecified atom stereocenters. The second-order valence-corrected chi connectivity index (χ2v) is 7.29. The first-order valence-electron chi connectivity index (χ1n) is 7.12. The predicted molar refractivity (Wildman–Crippen MR) is 81.9 cm³/mol. The third-order valence-corrected chi connectivity index (χ3v) is 4.86. The predicted octanol–water partition coefficient (Wildman–Crippen LogP) is 2.09. The van der Waals surface area contributed by atoms with Crippen molar-refractivity contribution in [3.05, 3.63) is 48.0 Å². The van der Waals surface area contributed by atoms with Crippen LogP contribution in [0.3, 0.4) is 0 Å². The topological polar surface area (TPSA) is 72.2 Å². The third-order valence-electron chi connectivity index (χ3n) is 3.22. The van der Waals surface area contributed by atoms with E-state index in [2.05, 4.69) is 5.10 Å². The molecule has 0 fully saturated rings. The number of nitrogens with zero attached hydrogens (tertiary/aromatic N) is 2. The number of rotatable bonds is 8. The molecule has 22 heavy (non-hydrogen) atoms. The molecule has 0 spiro atoms. The molecule has 0 aliphatic carbocycles. The first-order chi connectivity index (χ1) is 10.5. The monoisotopic (exact) mass is 326 g/mol. The highest BCUT2D eigenvalue weighted by Gasteiger charge is 2.14. The van der Waals surface area contributed by atoms with Crippen molar-refractivity contribution in [2.75, 3.05) is 12.4 Å². The second kappa shape index (κ2) is 7.51. The number of benzene rings is 1. The van der Waals surface area contributed by atoms with Gasteiger partial charge in [0.25, 0.3) is 0 Å². The summed E-state index contributed by atoms with van der Waals surface area (Å²) in [5, 5.41) is 12.9. The van der Waals surface area contributed by atoms with Crippen molar-refractivity contribution >= 4 is 9.84 Å². The first kappa shape index (κ1) is 16.6. The zero-order chi connectivity index (χ0) is 16.0. The zero-order valence-electron chi connectivity index (χ0n) is 12.2. The lowest BCUT2D eigenvalue weighted by Gasteiger charge is -2.03. The summed E-state index contributed by atoms with van der Waals surface area (Å²) in [4.78, 5) is 0. The average molecular weight is 326 g/mol. The van der Waals surface area contributed by atoms with Crippen molar-refractivity contribution in [3.63, 3.8) is 0 Å². The molecule has 7 heteroatoms. The summed E-state index contributed by atoms with van der Waals surface area (Å²) in [6.07, 6.45) is 3.51. The Morgan fingerprint density at radius 1 is 1.09 bits per heavy atom. The number of aliphatic hydroxyl groups is 1. The molecule has 1 heterocycles. The van der Waals surface area contributed by atoms with E-state index in [9.17, 15) is 12.8 Å². The fourth-order valence-electron chi connectivity index (χ4n) is 2.08. The molecule has 1 aromatic carbocycles. The van der Waals surface area contributed by atoms with Gasteiger partial charge >= 0.3 is 0 Å². The SMILES string of the molecule is O=S(=O)(CCCCCO)Cc1ccn(-c2ccc(F)cc2)n1. The van der Waals surface area contributed by atoms with E-state index >= 15 is 0 Å². The van der Waals surface area contributed by atoms with Gasteiger partial charge in [0.2, 0.25) is 0 Å². The van der Waals surface area contributed by atoms with Gasteiger partial charge in [-0.05, 0) is 43.2 Å². The number of unbranched alkanes of at least 4 members (excludes halogenated alkanes) is 2. The zero-order valence-corrected chi connectivity index (χ0v) is 13.0. The van der Waals surface area contributed by atoms with Crippen LogP contribution in [0, 0.1) is 5.82 Å². The number of hydrogen-bond donors (Lipinski definition) is 1. The summed E-state index contributed by atoms with van der Waals surface area (Å²) >= 11 is 0. The normalized spacial score (nSPS) is 11.7. The molecule has 1 N–H and O–H groups in total. The number of hydrogen-bond acceptors (Lipinski definition) is 4. The van der Waals surface area contributed by atoms with Crippen molar-refractivity contribution in [1.29, 1.82) is 0 Å². The molecule has 0 aliphatic heterocycles. The maximum absolute atomic E-state index is 12.9. The molecule has 2 rings (SSSR count). The highest BCUT2D eigenvalue weighted by atomic mass is 32.2. The second-order valence-electron chi connectivity index (χ2n) is 5.10. The van der Waals surface area contributed by atoms with Gasteiger partial charge in [0, 0.05) is 12.8 Å². The van der Waals surface area contributed by atoms with E-state index in [0.29, 0.717) is 30.6 Å². The Labute approximate surface area is 129 Å². The Bertz CT molecular complexity index is 696. The third kappa shape index (κ3) is 4.92. The van der Waals surface area contributed by atoms with Crippen molar-refractivity contribution in [2.24, 2.45) is 0 Å². The van der Waals surface area contributed by atoms with Crippen molar-refractivity contribution in [3.8, 4) is 5.69 Å². The van der Waals surface area contributed by atoms with E-state index in [1.54, 1.807) is 24.4 Å². The summed E-state index contributed by atoms with van der Waals surface area (Å²) < 4.78 is 38.4. The number of sulfone groups is 1. The van der Waals surface area contributed by atoms with Gasteiger partial charge in [-0.3, -0.25) is 0 Å². The minimum absolute atomic E-state index is 0.0854. The molecule has 0 saturated carbocycles. The maximum atomic E-state index is 12.9. The molecule has 0 aliphatic rings. The van der Waals surface area contributed by atoms with Gasteiger partial charge in [-0.2, -0.15) is 5.10 Å². The average Bonchev–Trinajstić information content (AvgIpc) is 2.92. The molecule has 5 nitrogen and oxygen atoms in total. The summed E-state index contributed by atoms with van der Waals surface area (Å²) in [6.45, 7) is 0.0854. The van der Waals surface area contributed by atoms with E-state index in [0.717, 1.165) is 0 Å². The van der Waals surface area contributed by atoms with E-state index in [-0.39, 0.29) is 23.9 Å². The van der Waals surface area contributed by atoms with Crippen LogP contribution in [0.4, 0.5) is 4.39 Å². The van der Waals surface area contributed by atoms with Gasteiger partial charge in [-0.15, -0.1) is 0 Å². The largest absolute Gasteiger partial charge is 0.396 e. The number of aliphatic hydroxyl groups excluding tert-OH is 1. The quantitative estimate of drug-likeness (QED) is 0.754. The fourth-order valence-corrected chi connectivity index (χ4v) is 3.48. The minimum atomic E-state index is -3.21. The van der Waals surface area contributed by atoms with Crippen LogP contribution >= 0.6 is 0 Å². The lowest BCUT2D eigenvalue weighted by molar-refractivity contribution is 0.284. The lowest BCUT2D eigenvalue weighted by Crippen LogP contribution is -2.10. The number of halogens is 1. The summed E-state index contributed by atoms with van der Waals surface area (Å²) in [5.41, 5.74) is 1.14. The van der Waals surface area contributed by atoms with Crippen molar-refractivity contribution in [2.45, 2.75) is 25.0 Å². The first-order valence-corrected chi connectivity index (χ1v) is 8.94. The van der Waals surface area contributed by atoms with Crippen LogP contribution in [-0.2, 0) is 15.6 Å². The van der Waals surface area contributed by atoms with E-state index in [1.165, 1.54) is 16.8 Å². The van der Waals surface area contributed by atoms with Crippen LogP contribution in [0.25, 0.3) is 5.69 Å². The van der Waals surface area contributed by atoms with Crippen LogP contribution in [0.2, 0.25) is 0 Å². The van der Waals surface area contributed by atoms with Crippen molar-refractivity contribution < 1.29 is 17.9 Å². The van der Waals surface area contributed by atoms with E-state index in [4.69, 9.17) is 5.11 Å². The molecule has 1 aromatic heterocycles. The van der Waals surface area contributed by atoms with Gasteiger partial charge in [0.15, 0.2) is 9.84 Å². The van der Waals surface area contributed by atoms with E-state index in [1.807, 2.05) is 0 Å². The standard InChI is InChI=1S/C15H19FN2O3S/c16-13-4-6-15(7-5-13)18-9-8-14(17-18)12-22(20,21)11-3-1-2-10-19/h4-9,19H,1-3,10-12H2. The highest BCUT2D eigenvalue weighted by molar-refractivity contribution is 7.90. The minimum Gasteiger partial charge on any atom is -0.396 e. The molecule has 0 radical (unpaired) electrons. The van der Waals surface area contributed by atoms with Crippen molar-refractivity contribution in [1.82, 2.24) is 9.78 Å². The van der Waals surface area contributed by atoms with Gasteiger partial charge in [0.05, 0.1) is 22.9 Å². The highest BCUT2D eigenvalue weighted by Crippen LogP contribution is 2.12. The molecule has 0 amide bonds. The molecule has 0 bridgehead atoms. The Hall–Kier alpha value is -1.73. The molecule has 120 valence electrons. The molecule has 0 atom stereocenters. The van der Waals surface area contributed by atoms with E-state index < -0.39 is 9.84 Å². The number of aromatic nitrogens is 2. The van der Waals surface area contributed by atoms with Gasteiger partial charge in [-0.25, -0.2) is 17.5 Å². The smallest absolute Gasteiger partial charge is 0.156 e. The lowest BCUT2D eigenvalue weighted by atomic mass is 10.3. The van der Waals surface area contributed by atoms with Gasteiger partial charge in [-0.1, -0.05) is 6.42 Å². The van der Waals surface area contributed by atoms with Crippen LogP contribution in [0.15, 0.2) is 36.5 Å². The molecular weight excluding hydrogens is 307 g/mol. The van der Waals surface area contributed by atoms with Gasteiger partial charge in [0.1, 0.15) is 5.82 Å². The molecular formula is C15H19FN2O3S. The summed E-state index contributed by atoms with van der Waals surface area (Å²) in [7, 11) is -3.21. The Morgan fingerprint density at radius 2 is 1.82 bits per heavy atom. The summed E-state index contributed by atoms with van der Waals surface area (Å²) in [5.74, 6) is -0.349.